The lowest BCUT2D eigenvalue weighted by Gasteiger charge is -2.07. The summed E-state index contributed by atoms with van der Waals surface area (Å²) in [5, 5.41) is 11.4. The second-order valence-corrected chi connectivity index (χ2v) is 3.28. The first kappa shape index (κ1) is 13.7. The molecule has 0 aromatic heterocycles. The maximum absolute atomic E-state index is 10.4. The van der Waals surface area contributed by atoms with Crippen LogP contribution in [0.15, 0.2) is 4.99 Å². The molecular weight excluding hydrogens is 196 g/mol. The molecule has 1 atom stereocenters. The Bertz CT molecular complexity index is 218. The van der Waals surface area contributed by atoms with Crippen molar-refractivity contribution >= 4 is 11.9 Å². The minimum atomic E-state index is -0.970. The van der Waals surface area contributed by atoms with Crippen molar-refractivity contribution in [3.05, 3.63) is 0 Å². The molecule has 6 N–H and O–H groups in total. The van der Waals surface area contributed by atoms with E-state index in [9.17, 15) is 4.79 Å². The average molecular weight is 216 g/mol. The average Bonchev–Trinajstić information content (AvgIpc) is 2.20. The Labute approximate surface area is 89.7 Å². The van der Waals surface area contributed by atoms with Crippen molar-refractivity contribution in [3.8, 4) is 0 Å². The number of nitrogens with two attached hydrogens (primary N) is 2. The number of nitrogens with zero attached hydrogens (tertiary/aromatic N) is 1. The largest absolute Gasteiger partial charge is 0.480 e. The van der Waals surface area contributed by atoms with Gasteiger partial charge in [0.2, 0.25) is 0 Å². The maximum atomic E-state index is 10.4. The summed E-state index contributed by atoms with van der Waals surface area (Å²) in [4.78, 5) is 14.4. The summed E-state index contributed by atoms with van der Waals surface area (Å²) in [6, 6.07) is -0.791. The van der Waals surface area contributed by atoms with Crippen molar-refractivity contribution < 1.29 is 9.90 Å². The Morgan fingerprint density at radius 3 is 2.80 bits per heavy atom. The van der Waals surface area contributed by atoms with Crippen molar-refractivity contribution in [1.29, 1.82) is 0 Å². The second-order valence-electron chi connectivity index (χ2n) is 3.28. The van der Waals surface area contributed by atoms with Gasteiger partial charge in [0.1, 0.15) is 6.04 Å². The lowest BCUT2D eigenvalue weighted by molar-refractivity contribution is -0.138. The van der Waals surface area contributed by atoms with Gasteiger partial charge >= 0.3 is 5.97 Å². The van der Waals surface area contributed by atoms with Gasteiger partial charge in [-0.1, -0.05) is 6.92 Å². The van der Waals surface area contributed by atoms with E-state index in [-0.39, 0.29) is 0 Å². The Morgan fingerprint density at radius 2 is 2.27 bits per heavy atom. The maximum Gasteiger partial charge on any atom is 0.320 e. The summed E-state index contributed by atoms with van der Waals surface area (Å²) in [5.41, 5.74) is 10.9. The molecule has 0 bridgehead atoms. The van der Waals surface area contributed by atoms with E-state index in [4.69, 9.17) is 16.6 Å². The molecule has 6 nitrogen and oxygen atoms in total. The van der Waals surface area contributed by atoms with Crippen LogP contribution in [0.5, 0.6) is 0 Å². The number of aliphatic carboxylic acids is 1. The molecule has 0 spiro atoms. The van der Waals surface area contributed by atoms with Crippen molar-refractivity contribution in [2.75, 3.05) is 13.1 Å². The second kappa shape index (κ2) is 8.05. The van der Waals surface area contributed by atoms with Crippen LogP contribution in [0, 0.1) is 0 Å². The van der Waals surface area contributed by atoms with Crippen LogP contribution in [0.1, 0.15) is 26.2 Å². The first-order valence-corrected chi connectivity index (χ1v) is 5.10. The lowest BCUT2D eigenvalue weighted by atomic mass is 10.2. The van der Waals surface area contributed by atoms with Crippen LogP contribution >= 0.6 is 0 Å². The number of aliphatic imine (C=N–C) groups is 1. The van der Waals surface area contributed by atoms with E-state index in [1.807, 2.05) is 6.92 Å². The highest BCUT2D eigenvalue weighted by Crippen LogP contribution is 1.92. The molecule has 0 aromatic rings. The molecule has 0 rings (SSSR count). The van der Waals surface area contributed by atoms with Gasteiger partial charge in [0, 0.05) is 13.1 Å². The van der Waals surface area contributed by atoms with E-state index in [0.29, 0.717) is 31.9 Å². The number of carboxylic acid groups (broad SMARTS) is 1. The molecule has 15 heavy (non-hydrogen) atoms. The highest BCUT2D eigenvalue weighted by atomic mass is 16.4. The van der Waals surface area contributed by atoms with E-state index in [2.05, 4.69) is 10.3 Å². The number of hydrogen-bond donors (Lipinski definition) is 4. The molecule has 0 aromatic carbocycles. The zero-order chi connectivity index (χ0) is 11.7. The Morgan fingerprint density at radius 1 is 1.60 bits per heavy atom. The van der Waals surface area contributed by atoms with Gasteiger partial charge in [-0.15, -0.1) is 0 Å². The molecule has 0 saturated carbocycles. The number of hydrogen-bond acceptors (Lipinski definition) is 3. The molecular formula is C9H20N4O2. The number of rotatable bonds is 7. The molecule has 0 aliphatic heterocycles. The summed E-state index contributed by atoms with van der Waals surface area (Å²) >= 11 is 0. The van der Waals surface area contributed by atoms with E-state index in [0.717, 1.165) is 6.42 Å². The third-order valence-electron chi connectivity index (χ3n) is 1.82. The summed E-state index contributed by atoms with van der Waals surface area (Å²) in [6.45, 7) is 3.32. The van der Waals surface area contributed by atoms with E-state index >= 15 is 0 Å². The standard InChI is InChI=1S/C9H20N4O2/c1-2-5-12-9(11)13-6-3-4-7(10)8(14)15/h7H,2-6,10H2,1H3,(H,14,15)(H3,11,12,13)/t7-/m1/s1. The van der Waals surface area contributed by atoms with Crippen LogP contribution < -0.4 is 16.8 Å². The fourth-order valence-corrected chi connectivity index (χ4v) is 0.950. The summed E-state index contributed by atoms with van der Waals surface area (Å²) in [5.74, 6) is -0.566. The number of nitrogens with one attached hydrogen (secondary N) is 1. The smallest absolute Gasteiger partial charge is 0.320 e. The minimum Gasteiger partial charge on any atom is -0.480 e. The van der Waals surface area contributed by atoms with Crippen molar-refractivity contribution in [3.63, 3.8) is 0 Å². The topological polar surface area (TPSA) is 114 Å². The molecule has 0 fully saturated rings. The highest BCUT2D eigenvalue weighted by molar-refractivity contribution is 5.77. The van der Waals surface area contributed by atoms with Crippen LogP contribution in [-0.2, 0) is 4.79 Å². The van der Waals surface area contributed by atoms with Crippen LogP contribution in [0.2, 0.25) is 0 Å². The first-order valence-electron chi connectivity index (χ1n) is 5.10. The Kier molecular flexibility index (Phi) is 7.35. The number of guanidine groups is 1. The van der Waals surface area contributed by atoms with Gasteiger partial charge in [-0.2, -0.15) is 0 Å². The van der Waals surface area contributed by atoms with E-state index in [1.165, 1.54) is 0 Å². The zero-order valence-electron chi connectivity index (χ0n) is 9.07. The van der Waals surface area contributed by atoms with Crippen LogP contribution in [0.3, 0.4) is 0 Å². The van der Waals surface area contributed by atoms with Crippen molar-refractivity contribution in [2.24, 2.45) is 16.5 Å². The summed E-state index contributed by atoms with van der Waals surface area (Å²) in [6.07, 6.45) is 2.05. The monoisotopic (exact) mass is 216 g/mol. The third-order valence-corrected chi connectivity index (χ3v) is 1.82. The summed E-state index contributed by atoms with van der Waals surface area (Å²) < 4.78 is 0. The summed E-state index contributed by atoms with van der Waals surface area (Å²) in [7, 11) is 0. The van der Waals surface area contributed by atoms with Gasteiger partial charge < -0.3 is 21.9 Å². The van der Waals surface area contributed by atoms with Gasteiger partial charge in [0.05, 0.1) is 0 Å². The SMILES string of the molecule is CCCN=C(N)NCCC[C@@H](N)C(=O)O. The number of carbonyl (C=O) groups is 1. The quantitative estimate of drug-likeness (QED) is 0.260. The van der Waals surface area contributed by atoms with Gasteiger partial charge in [-0.05, 0) is 19.3 Å². The van der Waals surface area contributed by atoms with Crippen molar-refractivity contribution in [2.45, 2.75) is 32.2 Å². The predicted molar refractivity (Wildman–Crippen MR) is 59.6 cm³/mol. The van der Waals surface area contributed by atoms with E-state index < -0.39 is 12.0 Å². The van der Waals surface area contributed by atoms with Gasteiger partial charge in [0.15, 0.2) is 5.96 Å². The molecule has 0 aliphatic rings. The third kappa shape index (κ3) is 7.75. The van der Waals surface area contributed by atoms with Gasteiger partial charge in [0.25, 0.3) is 0 Å². The highest BCUT2D eigenvalue weighted by Gasteiger charge is 2.09. The fourth-order valence-electron chi connectivity index (χ4n) is 0.950. The predicted octanol–water partition coefficient (Wildman–Crippen LogP) is -0.507. The number of carboxylic acids is 1. The molecule has 6 heteroatoms. The van der Waals surface area contributed by atoms with Crippen LogP contribution in [0.25, 0.3) is 0 Å². The molecule has 0 saturated heterocycles. The normalized spacial score (nSPS) is 13.6. The fraction of sp³-hybridized carbons (Fsp3) is 0.778. The molecule has 0 radical (unpaired) electrons. The van der Waals surface area contributed by atoms with Crippen molar-refractivity contribution in [1.82, 2.24) is 5.32 Å². The molecule has 0 heterocycles. The Balaban J connectivity index is 3.50. The molecule has 0 unspecified atom stereocenters. The lowest BCUT2D eigenvalue weighted by Crippen LogP contribution is -2.35. The first-order chi connectivity index (χ1) is 7.07. The molecule has 88 valence electrons. The van der Waals surface area contributed by atoms with Crippen LogP contribution in [0.4, 0.5) is 0 Å². The van der Waals surface area contributed by atoms with Gasteiger partial charge in [-0.25, -0.2) is 0 Å². The molecule has 0 amide bonds. The minimum absolute atomic E-state index is 0.403. The Hall–Kier alpha value is -1.30. The molecule has 0 aliphatic carbocycles. The zero-order valence-corrected chi connectivity index (χ0v) is 9.07. The van der Waals surface area contributed by atoms with Crippen LogP contribution in [-0.4, -0.2) is 36.2 Å². The van der Waals surface area contributed by atoms with E-state index in [1.54, 1.807) is 0 Å². The van der Waals surface area contributed by atoms with Gasteiger partial charge in [-0.3, -0.25) is 9.79 Å².